The monoisotopic (exact) mass is 306 g/mol. The normalized spacial score (nSPS) is 17.8. The third-order valence-electron chi connectivity index (χ3n) is 4.11. The summed E-state index contributed by atoms with van der Waals surface area (Å²) in [7, 11) is 0. The van der Waals surface area contributed by atoms with Gasteiger partial charge in [-0.05, 0) is 54.6 Å². The number of fused-ring (bicyclic) bond motifs is 1. The Morgan fingerprint density at radius 2 is 2.24 bits per heavy atom. The van der Waals surface area contributed by atoms with E-state index in [1.807, 2.05) is 6.07 Å². The van der Waals surface area contributed by atoms with Crippen molar-refractivity contribution in [2.45, 2.75) is 38.8 Å². The fourth-order valence-electron chi connectivity index (χ4n) is 3.15. The zero-order valence-corrected chi connectivity index (χ0v) is 13.0. The van der Waals surface area contributed by atoms with Crippen molar-refractivity contribution in [3.05, 3.63) is 58.1 Å². The van der Waals surface area contributed by atoms with Crippen LogP contribution in [0.1, 0.15) is 42.5 Å². The van der Waals surface area contributed by atoms with Gasteiger partial charge in [-0.3, -0.25) is 0 Å². The van der Waals surface area contributed by atoms with Gasteiger partial charge in [0.05, 0.1) is 5.02 Å². The van der Waals surface area contributed by atoms with Crippen LogP contribution in [0.2, 0.25) is 5.02 Å². The molecule has 1 aliphatic carbocycles. The topological polar surface area (TPSA) is 17.0 Å². The van der Waals surface area contributed by atoms with E-state index in [1.165, 1.54) is 30.0 Å². The van der Waals surface area contributed by atoms with E-state index in [4.69, 9.17) is 11.6 Å². The molecule has 0 amide bonds. The molecule has 1 aromatic carbocycles. The SMILES string of the molecule is CCNC1CCCc2cn(Cc3ccc(Cl)c(F)c3)cc21. The van der Waals surface area contributed by atoms with Gasteiger partial charge in [-0.25, -0.2) is 4.39 Å². The molecule has 2 nitrogen and oxygen atoms in total. The Morgan fingerprint density at radius 1 is 1.38 bits per heavy atom. The minimum Gasteiger partial charge on any atom is -0.349 e. The zero-order valence-electron chi connectivity index (χ0n) is 12.2. The molecular formula is C17H20ClFN2. The number of aromatic nitrogens is 1. The molecule has 21 heavy (non-hydrogen) atoms. The first-order valence-electron chi connectivity index (χ1n) is 7.53. The molecule has 0 spiro atoms. The van der Waals surface area contributed by atoms with Crippen molar-refractivity contribution in [3.63, 3.8) is 0 Å². The van der Waals surface area contributed by atoms with Crippen molar-refractivity contribution in [2.24, 2.45) is 0 Å². The molecule has 3 rings (SSSR count). The van der Waals surface area contributed by atoms with E-state index >= 15 is 0 Å². The van der Waals surface area contributed by atoms with Crippen LogP contribution in [0.3, 0.4) is 0 Å². The summed E-state index contributed by atoms with van der Waals surface area (Å²) >= 11 is 5.73. The molecule has 2 aromatic rings. The quantitative estimate of drug-likeness (QED) is 0.890. The van der Waals surface area contributed by atoms with E-state index < -0.39 is 0 Å². The maximum Gasteiger partial charge on any atom is 0.142 e. The van der Waals surface area contributed by atoms with Crippen molar-refractivity contribution in [2.75, 3.05) is 6.54 Å². The Bertz CT molecular complexity index is 636. The van der Waals surface area contributed by atoms with Gasteiger partial charge >= 0.3 is 0 Å². The van der Waals surface area contributed by atoms with Crippen LogP contribution in [0.25, 0.3) is 0 Å². The van der Waals surface area contributed by atoms with Gasteiger partial charge in [-0.15, -0.1) is 0 Å². The number of hydrogen-bond acceptors (Lipinski definition) is 1. The summed E-state index contributed by atoms with van der Waals surface area (Å²) in [4.78, 5) is 0. The summed E-state index contributed by atoms with van der Waals surface area (Å²) in [6.07, 6.45) is 7.96. The van der Waals surface area contributed by atoms with E-state index in [0.717, 1.165) is 18.5 Å². The molecule has 0 saturated carbocycles. The summed E-state index contributed by atoms with van der Waals surface area (Å²) < 4.78 is 15.7. The largest absolute Gasteiger partial charge is 0.349 e. The van der Waals surface area contributed by atoms with Crippen LogP contribution in [0, 0.1) is 5.82 Å². The molecule has 1 heterocycles. The molecule has 1 aromatic heterocycles. The van der Waals surface area contributed by atoms with Crippen LogP contribution in [0.15, 0.2) is 30.6 Å². The number of nitrogens with one attached hydrogen (secondary N) is 1. The highest BCUT2D eigenvalue weighted by molar-refractivity contribution is 6.30. The fraction of sp³-hybridized carbons (Fsp3) is 0.412. The zero-order chi connectivity index (χ0) is 14.8. The minimum absolute atomic E-state index is 0.178. The highest BCUT2D eigenvalue weighted by Crippen LogP contribution is 2.30. The minimum atomic E-state index is -0.350. The van der Waals surface area contributed by atoms with Crippen molar-refractivity contribution in [1.29, 1.82) is 0 Å². The Morgan fingerprint density at radius 3 is 3.00 bits per heavy atom. The van der Waals surface area contributed by atoms with Crippen LogP contribution < -0.4 is 5.32 Å². The number of nitrogens with zero attached hydrogens (tertiary/aromatic N) is 1. The van der Waals surface area contributed by atoms with E-state index in [2.05, 4.69) is 29.2 Å². The molecule has 1 N–H and O–H groups in total. The number of hydrogen-bond donors (Lipinski definition) is 1. The predicted molar refractivity (Wildman–Crippen MR) is 84.3 cm³/mol. The lowest BCUT2D eigenvalue weighted by molar-refractivity contribution is 0.473. The molecule has 4 heteroatoms. The van der Waals surface area contributed by atoms with Gasteiger partial charge in [0.15, 0.2) is 0 Å². The molecule has 1 atom stereocenters. The van der Waals surface area contributed by atoms with Gasteiger partial charge in [-0.1, -0.05) is 24.6 Å². The summed E-state index contributed by atoms with van der Waals surface area (Å²) in [6, 6.07) is 5.48. The van der Waals surface area contributed by atoms with Crippen molar-refractivity contribution < 1.29 is 4.39 Å². The highest BCUT2D eigenvalue weighted by atomic mass is 35.5. The first-order chi connectivity index (χ1) is 10.2. The van der Waals surface area contributed by atoms with Crippen LogP contribution in [-0.4, -0.2) is 11.1 Å². The van der Waals surface area contributed by atoms with Crippen LogP contribution in [0.4, 0.5) is 4.39 Å². The van der Waals surface area contributed by atoms with E-state index in [-0.39, 0.29) is 10.8 Å². The predicted octanol–water partition coefficient (Wildman–Crippen LogP) is 4.32. The number of halogens is 2. The second kappa shape index (κ2) is 6.20. The molecule has 1 aliphatic rings. The van der Waals surface area contributed by atoms with E-state index in [1.54, 1.807) is 6.07 Å². The van der Waals surface area contributed by atoms with Crippen LogP contribution in [0.5, 0.6) is 0 Å². The average Bonchev–Trinajstić information content (AvgIpc) is 2.87. The second-order valence-electron chi connectivity index (χ2n) is 5.66. The second-order valence-corrected chi connectivity index (χ2v) is 6.07. The Labute approximate surface area is 129 Å². The molecular weight excluding hydrogens is 287 g/mol. The summed E-state index contributed by atoms with van der Waals surface area (Å²) in [5.74, 6) is -0.350. The smallest absolute Gasteiger partial charge is 0.142 e. The van der Waals surface area contributed by atoms with Gasteiger partial charge < -0.3 is 9.88 Å². The van der Waals surface area contributed by atoms with Crippen molar-refractivity contribution in [1.82, 2.24) is 9.88 Å². The molecule has 1 unspecified atom stereocenters. The lowest BCUT2D eigenvalue weighted by Crippen LogP contribution is -2.23. The first-order valence-corrected chi connectivity index (χ1v) is 7.91. The third-order valence-corrected chi connectivity index (χ3v) is 4.42. The van der Waals surface area contributed by atoms with Gasteiger partial charge in [0.2, 0.25) is 0 Å². The van der Waals surface area contributed by atoms with Gasteiger partial charge in [-0.2, -0.15) is 0 Å². The standard InChI is InChI=1S/C17H20ClFN2/c1-2-20-17-5-3-4-13-10-21(11-14(13)17)9-12-6-7-15(18)16(19)8-12/h6-8,10-11,17,20H,2-5,9H2,1H3. The Balaban J connectivity index is 1.82. The van der Waals surface area contributed by atoms with Crippen molar-refractivity contribution >= 4 is 11.6 Å². The maximum absolute atomic E-state index is 13.5. The molecule has 112 valence electrons. The molecule has 0 aliphatic heterocycles. The number of benzene rings is 1. The van der Waals surface area contributed by atoms with Gasteiger partial charge in [0.25, 0.3) is 0 Å². The lowest BCUT2D eigenvalue weighted by atomic mass is 9.91. The third kappa shape index (κ3) is 3.14. The highest BCUT2D eigenvalue weighted by Gasteiger charge is 2.21. The average molecular weight is 307 g/mol. The van der Waals surface area contributed by atoms with Crippen LogP contribution in [-0.2, 0) is 13.0 Å². The fourth-order valence-corrected chi connectivity index (χ4v) is 3.26. The van der Waals surface area contributed by atoms with E-state index in [0.29, 0.717) is 12.6 Å². The van der Waals surface area contributed by atoms with Crippen molar-refractivity contribution in [3.8, 4) is 0 Å². The number of aryl methyl sites for hydroxylation is 1. The Kier molecular flexibility index (Phi) is 4.32. The summed E-state index contributed by atoms with van der Waals surface area (Å²) in [6.45, 7) is 3.80. The van der Waals surface area contributed by atoms with Gasteiger partial charge in [0, 0.05) is 25.0 Å². The van der Waals surface area contributed by atoms with E-state index in [9.17, 15) is 4.39 Å². The lowest BCUT2D eigenvalue weighted by Gasteiger charge is -2.22. The molecule has 0 saturated heterocycles. The first kappa shape index (κ1) is 14.6. The van der Waals surface area contributed by atoms with Gasteiger partial charge in [0.1, 0.15) is 5.82 Å². The summed E-state index contributed by atoms with van der Waals surface area (Å²) in [5.41, 5.74) is 3.75. The maximum atomic E-state index is 13.5. The summed E-state index contributed by atoms with van der Waals surface area (Å²) in [5, 5.41) is 3.72. The molecule has 0 radical (unpaired) electrons. The number of rotatable bonds is 4. The molecule has 0 fully saturated rings. The molecule has 0 bridgehead atoms. The Hall–Kier alpha value is -1.32. The van der Waals surface area contributed by atoms with Crippen LogP contribution >= 0.6 is 11.6 Å².